The van der Waals surface area contributed by atoms with E-state index in [9.17, 15) is 0 Å². The minimum absolute atomic E-state index is 0.395. The lowest BCUT2D eigenvalue weighted by Crippen LogP contribution is -2.26. The van der Waals surface area contributed by atoms with Crippen molar-refractivity contribution >= 4 is 23.2 Å². The van der Waals surface area contributed by atoms with E-state index < -0.39 is 0 Å². The second-order valence-electron chi connectivity index (χ2n) is 5.24. The molecule has 0 saturated heterocycles. The third-order valence-corrected chi connectivity index (χ3v) is 4.16. The Hall–Kier alpha value is -0.240. The van der Waals surface area contributed by atoms with Crippen molar-refractivity contribution in [3.05, 3.63) is 33.8 Å². The minimum atomic E-state index is 0.395. The zero-order valence-corrected chi connectivity index (χ0v) is 12.4. The van der Waals surface area contributed by atoms with Crippen LogP contribution in [0, 0.1) is 5.92 Å². The average Bonchev–Trinajstić information content (AvgIpc) is 2.25. The topological polar surface area (TPSA) is 12.0 Å². The molecule has 0 aromatic heterocycles. The lowest BCUT2D eigenvalue weighted by atomic mass is 9.79. The van der Waals surface area contributed by atoms with E-state index in [2.05, 4.69) is 12.2 Å². The molecule has 0 heterocycles. The van der Waals surface area contributed by atoms with Crippen molar-refractivity contribution in [2.24, 2.45) is 5.92 Å². The molecule has 1 aromatic carbocycles. The Bertz CT molecular complexity index is 368. The molecule has 1 N–H and O–H groups in total. The smallest absolute Gasteiger partial charge is 0.0424 e. The molecule has 0 bridgehead atoms. The summed E-state index contributed by atoms with van der Waals surface area (Å²) in [4.78, 5) is 0. The molecular weight excluding hydrogens is 265 g/mol. The molecule has 1 atom stereocenters. The molecule has 3 heteroatoms. The highest BCUT2D eigenvalue weighted by Gasteiger charge is 2.23. The summed E-state index contributed by atoms with van der Waals surface area (Å²) in [5.41, 5.74) is 1.23. The van der Waals surface area contributed by atoms with Crippen LogP contribution in [0.5, 0.6) is 0 Å². The first-order valence-electron chi connectivity index (χ1n) is 6.88. The summed E-state index contributed by atoms with van der Waals surface area (Å²) in [6.45, 7) is 3.24. The van der Waals surface area contributed by atoms with E-state index in [1.54, 1.807) is 6.07 Å². The van der Waals surface area contributed by atoms with Gasteiger partial charge in [-0.3, -0.25) is 0 Å². The van der Waals surface area contributed by atoms with Crippen LogP contribution in [0.1, 0.15) is 50.6 Å². The standard InChI is InChI=1S/C15H21Cl2N/c1-2-6-18-15(7-11-4-3-5-11)12-8-13(16)10-14(17)9-12/h8-11,15,18H,2-7H2,1H3. The molecule has 2 rings (SSSR count). The van der Waals surface area contributed by atoms with Crippen molar-refractivity contribution in [2.75, 3.05) is 6.54 Å². The third kappa shape index (κ3) is 3.88. The number of hydrogen-bond donors (Lipinski definition) is 1. The molecule has 1 nitrogen and oxygen atoms in total. The molecule has 1 aromatic rings. The summed E-state index contributed by atoms with van der Waals surface area (Å²) in [5, 5.41) is 5.08. The van der Waals surface area contributed by atoms with Gasteiger partial charge in [0.15, 0.2) is 0 Å². The summed E-state index contributed by atoms with van der Waals surface area (Å²) < 4.78 is 0. The van der Waals surface area contributed by atoms with Crippen molar-refractivity contribution in [1.82, 2.24) is 5.32 Å². The third-order valence-electron chi connectivity index (χ3n) is 3.72. The zero-order chi connectivity index (χ0) is 13.0. The predicted octanol–water partition coefficient (Wildman–Crippen LogP) is 5.22. The molecule has 1 aliphatic rings. The maximum absolute atomic E-state index is 6.10. The molecular formula is C15H21Cl2N. The maximum atomic E-state index is 6.10. The van der Waals surface area contributed by atoms with Crippen LogP contribution >= 0.6 is 23.2 Å². The largest absolute Gasteiger partial charge is 0.310 e. The highest BCUT2D eigenvalue weighted by molar-refractivity contribution is 6.34. The summed E-state index contributed by atoms with van der Waals surface area (Å²) >= 11 is 12.2. The van der Waals surface area contributed by atoms with Crippen LogP contribution in [-0.4, -0.2) is 6.54 Å². The summed E-state index contributed by atoms with van der Waals surface area (Å²) in [6.07, 6.45) is 6.49. The van der Waals surface area contributed by atoms with E-state index in [0.717, 1.165) is 28.9 Å². The number of nitrogens with one attached hydrogen (secondary N) is 1. The van der Waals surface area contributed by atoms with Crippen LogP contribution in [0.15, 0.2) is 18.2 Å². The van der Waals surface area contributed by atoms with Crippen LogP contribution in [-0.2, 0) is 0 Å². The second kappa shape index (κ2) is 6.79. The fourth-order valence-electron chi connectivity index (χ4n) is 2.49. The van der Waals surface area contributed by atoms with Gasteiger partial charge in [0, 0.05) is 16.1 Å². The zero-order valence-electron chi connectivity index (χ0n) is 10.9. The SMILES string of the molecule is CCCNC(CC1CCC1)c1cc(Cl)cc(Cl)c1. The fraction of sp³-hybridized carbons (Fsp3) is 0.600. The fourth-order valence-corrected chi connectivity index (χ4v) is 3.04. The maximum Gasteiger partial charge on any atom is 0.0424 e. The van der Waals surface area contributed by atoms with Gasteiger partial charge in [0.2, 0.25) is 0 Å². The van der Waals surface area contributed by atoms with Crippen LogP contribution in [0.4, 0.5) is 0 Å². The normalized spacial score (nSPS) is 17.5. The van der Waals surface area contributed by atoms with Crippen LogP contribution in [0.3, 0.4) is 0 Å². The van der Waals surface area contributed by atoms with Gasteiger partial charge >= 0.3 is 0 Å². The molecule has 0 amide bonds. The average molecular weight is 286 g/mol. The van der Waals surface area contributed by atoms with E-state index in [1.165, 1.54) is 31.2 Å². The molecule has 18 heavy (non-hydrogen) atoms. The molecule has 0 aliphatic heterocycles. The first-order valence-corrected chi connectivity index (χ1v) is 7.64. The van der Waals surface area contributed by atoms with E-state index in [0.29, 0.717) is 6.04 Å². The molecule has 1 saturated carbocycles. The van der Waals surface area contributed by atoms with Crippen molar-refractivity contribution in [2.45, 2.75) is 45.1 Å². The van der Waals surface area contributed by atoms with Gasteiger partial charge in [0.1, 0.15) is 0 Å². The number of halogens is 2. The Morgan fingerprint density at radius 3 is 2.39 bits per heavy atom. The van der Waals surface area contributed by atoms with Gasteiger partial charge in [-0.1, -0.05) is 49.4 Å². The molecule has 1 fully saturated rings. The van der Waals surface area contributed by atoms with Gasteiger partial charge in [0.05, 0.1) is 0 Å². The van der Waals surface area contributed by atoms with Crippen molar-refractivity contribution < 1.29 is 0 Å². The Labute approximate surface area is 120 Å². The number of rotatable bonds is 6. The first kappa shape index (κ1) is 14.2. The Balaban J connectivity index is 2.09. The first-order chi connectivity index (χ1) is 8.69. The Kier molecular flexibility index (Phi) is 5.35. The van der Waals surface area contributed by atoms with Gasteiger partial charge in [-0.05, 0) is 49.1 Å². The summed E-state index contributed by atoms with van der Waals surface area (Å²) in [6, 6.07) is 6.28. The van der Waals surface area contributed by atoms with Gasteiger partial charge in [0.25, 0.3) is 0 Å². The van der Waals surface area contributed by atoms with Crippen molar-refractivity contribution in [3.8, 4) is 0 Å². The molecule has 0 spiro atoms. The highest BCUT2D eigenvalue weighted by Crippen LogP contribution is 2.36. The van der Waals surface area contributed by atoms with E-state index >= 15 is 0 Å². The number of benzene rings is 1. The minimum Gasteiger partial charge on any atom is -0.310 e. The van der Waals surface area contributed by atoms with Crippen LogP contribution in [0.2, 0.25) is 10.0 Å². The van der Waals surface area contributed by atoms with Crippen molar-refractivity contribution in [3.63, 3.8) is 0 Å². The molecule has 100 valence electrons. The Morgan fingerprint density at radius 2 is 1.89 bits per heavy atom. The predicted molar refractivity (Wildman–Crippen MR) is 79.5 cm³/mol. The van der Waals surface area contributed by atoms with Gasteiger partial charge in [-0.2, -0.15) is 0 Å². The van der Waals surface area contributed by atoms with Crippen LogP contribution in [0.25, 0.3) is 0 Å². The Morgan fingerprint density at radius 1 is 1.22 bits per heavy atom. The van der Waals surface area contributed by atoms with E-state index in [-0.39, 0.29) is 0 Å². The lowest BCUT2D eigenvalue weighted by molar-refractivity contribution is 0.261. The summed E-state index contributed by atoms with van der Waals surface area (Å²) in [5.74, 6) is 0.872. The van der Waals surface area contributed by atoms with E-state index in [1.807, 2.05) is 12.1 Å². The number of hydrogen-bond acceptors (Lipinski definition) is 1. The van der Waals surface area contributed by atoms with Gasteiger partial charge < -0.3 is 5.32 Å². The lowest BCUT2D eigenvalue weighted by Gasteiger charge is -2.30. The van der Waals surface area contributed by atoms with E-state index in [4.69, 9.17) is 23.2 Å². The second-order valence-corrected chi connectivity index (χ2v) is 6.11. The molecule has 1 unspecified atom stereocenters. The summed E-state index contributed by atoms with van der Waals surface area (Å²) in [7, 11) is 0. The monoisotopic (exact) mass is 285 g/mol. The highest BCUT2D eigenvalue weighted by atomic mass is 35.5. The molecule has 0 radical (unpaired) electrons. The molecule has 1 aliphatic carbocycles. The van der Waals surface area contributed by atoms with Gasteiger partial charge in [-0.15, -0.1) is 0 Å². The van der Waals surface area contributed by atoms with Crippen LogP contribution < -0.4 is 5.32 Å². The van der Waals surface area contributed by atoms with Crippen molar-refractivity contribution in [1.29, 1.82) is 0 Å². The quantitative estimate of drug-likeness (QED) is 0.755. The van der Waals surface area contributed by atoms with Gasteiger partial charge in [-0.25, -0.2) is 0 Å².